The minimum absolute atomic E-state index is 0.391. The topological polar surface area (TPSA) is 12.0 Å². The summed E-state index contributed by atoms with van der Waals surface area (Å²) in [5.41, 5.74) is 4.08. The molecule has 1 aromatic heterocycles. The monoisotopic (exact) mass is 323 g/mol. The van der Waals surface area contributed by atoms with Gasteiger partial charge < -0.3 is 5.32 Å². The Bertz CT molecular complexity index is 513. The van der Waals surface area contributed by atoms with Crippen molar-refractivity contribution in [1.29, 1.82) is 0 Å². The molecule has 1 aromatic carbocycles. The molecule has 0 amide bonds. The van der Waals surface area contributed by atoms with Crippen LogP contribution in [0, 0.1) is 13.8 Å². The summed E-state index contributed by atoms with van der Waals surface area (Å²) in [7, 11) is 2.03. The van der Waals surface area contributed by atoms with Gasteiger partial charge in [0.05, 0.1) is 0 Å². The van der Waals surface area contributed by atoms with Gasteiger partial charge in [0.25, 0.3) is 0 Å². The van der Waals surface area contributed by atoms with Crippen molar-refractivity contribution in [2.45, 2.75) is 26.3 Å². The van der Waals surface area contributed by atoms with Crippen LogP contribution < -0.4 is 5.32 Å². The first-order valence-corrected chi connectivity index (χ1v) is 7.74. The molecule has 2 rings (SSSR count). The highest BCUT2D eigenvalue weighted by molar-refractivity contribution is 9.10. The summed E-state index contributed by atoms with van der Waals surface area (Å²) in [6, 6.07) is 9.37. The molecule has 0 saturated carbocycles. The number of nitrogens with one attached hydrogen (secondary N) is 1. The molecule has 1 atom stereocenters. The van der Waals surface area contributed by atoms with Crippen molar-refractivity contribution in [3.05, 3.63) is 55.7 Å². The summed E-state index contributed by atoms with van der Waals surface area (Å²) in [5.74, 6) is 0. The lowest BCUT2D eigenvalue weighted by Crippen LogP contribution is -2.17. The maximum Gasteiger partial charge on any atom is 0.0453 e. The van der Waals surface area contributed by atoms with Crippen LogP contribution in [-0.4, -0.2) is 7.05 Å². The maximum atomic E-state index is 3.52. The number of thiophene rings is 1. The van der Waals surface area contributed by atoms with E-state index in [9.17, 15) is 0 Å². The van der Waals surface area contributed by atoms with Gasteiger partial charge in [-0.25, -0.2) is 0 Å². The van der Waals surface area contributed by atoms with Crippen molar-refractivity contribution in [2.24, 2.45) is 0 Å². The van der Waals surface area contributed by atoms with Crippen molar-refractivity contribution in [3.8, 4) is 0 Å². The lowest BCUT2D eigenvalue weighted by atomic mass is 10.0. The van der Waals surface area contributed by atoms with Gasteiger partial charge in [0.15, 0.2) is 0 Å². The summed E-state index contributed by atoms with van der Waals surface area (Å²) >= 11 is 5.32. The van der Waals surface area contributed by atoms with E-state index in [1.165, 1.54) is 26.0 Å². The Hall–Kier alpha value is -0.640. The highest BCUT2D eigenvalue weighted by atomic mass is 79.9. The second-order valence-corrected chi connectivity index (χ2v) is 6.57. The van der Waals surface area contributed by atoms with E-state index in [0.717, 1.165) is 6.42 Å². The Labute approximate surface area is 121 Å². The number of benzene rings is 1. The van der Waals surface area contributed by atoms with Gasteiger partial charge in [-0.3, -0.25) is 0 Å². The van der Waals surface area contributed by atoms with E-state index in [4.69, 9.17) is 0 Å². The second kappa shape index (κ2) is 6.00. The van der Waals surface area contributed by atoms with Gasteiger partial charge in [-0.2, -0.15) is 0 Å². The molecule has 2 aromatic rings. The first-order valence-electron chi connectivity index (χ1n) is 6.07. The number of aryl methyl sites for hydroxylation is 2. The molecule has 1 N–H and O–H groups in total. The molecule has 0 bridgehead atoms. The predicted octanol–water partition coefficient (Wildman–Crippen LogP) is 4.63. The summed E-state index contributed by atoms with van der Waals surface area (Å²) in [5, 5.41) is 5.55. The van der Waals surface area contributed by atoms with Crippen molar-refractivity contribution in [3.63, 3.8) is 0 Å². The Morgan fingerprint density at radius 1 is 1.17 bits per heavy atom. The Balaban J connectivity index is 2.20. The first kappa shape index (κ1) is 13.8. The van der Waals surface area contributed by atoms with E-state index < -0.39 is 0 Å². The highest BCUT2D eigenvalue weighted by Gasteiger charge is 2.12. The summed E-state index contributed by atoms with van der Waals surface area (Å²) in [4.78, 5) is 1.38. The van der Waals surface area contributed by atoms with Crippen LogP contribution >= 0.6 is 27.3 Å². The largest absolute Gasteiger partial charge is 0.312 e. The molecule has 0 aliphatic carbocycles. The third-order valence-electron chi connectivity index (χ3n) is 3.00. The molecule has 96 valence electrons. The van der Waals surface area contributed by atoms with Crippen molar-refractivity contribution >= 4 is 27.3 Å². The molecular weight excluding hydrogens is 306 g/mol. The first-order chi connectivity index (χ1) is 8.58. The SMILES string of the molecule is CNC(Cc1cc(C)cc(C)c1)c1cc(Br)cs1. The summed E-state index contributed by atoms with van der Waals surface area (Å²) in [6.07, 6.45) is 1.03. The summed E-state index contributed by atoms with van der Waals surface area (Å²) < 4.78 is 1.17. The molecule has 1 nitrogen and oxygen atoms in total. The quantitative estimate of drug-likeness (QED) is 0.864. The third-order valence-corrected chi connectivity index (χ3v) is 4.81. The van der Waals surface area contributed by atoms with Gasteiger partial charge in [0.1, 0.15) is 0 Å². The molecule has 0 saturated heterocycles. The van der Waals surface area contributed by atoms with E-state index in [1.807, 2.05) is 7.05 Å². The third kappa shape index (κ3) is 3.44. The number of hydrogen-bond acceptors (Lipinski definition) is 2. The van der Waals surface area contributed by atoms with Crippen LogP contribution in [0.5, 0.6) is 0 Å². The van der Waals surface area contributed by atoms with Crippen LogP contribution in [0.2, 0.25) is 0 Å². The minimum atomic E-state index is 0.391. The molecule has 18 heavy (non-hydrogen) atoms. The van der Waals surface area contributed by atoms with Gasteiger partial charge in [-0.1, -0.05) is 29.3 Å². The van der Waals surface area contributed by atoms with Crippen molar-refractivity contribution in [1.82, 2.24) is 5.32 Å². The van der Waals surface area contributed by atoms with Crippen LogP contribution in [0.4, 0.5) is 0 Å². The Morgan fingerprint density at radius 2 is 1.83 bits per heavy atom. The predicted molar refractivity (Wildman–Crippen MR) is 83.4 cm³/mol. The lowest BCUT2D eigenvalue weighted by molar-refractivity contribution is 0.601. The molecule has 3 heteroatoms. The number of hydrogen-bond donors (Lipinski definition) is 1. The second-order valence-electron chi connectivity index (χ2n) is 4.71. The highest BCUT2D eigenvalue weighted by Crippen LogP contribution is 2.28. The zero-order valence-electron chi connectivity index (χ0n) is 11.0. The summed E-state index contributed by atoms with van der Waals surface area (Å²) in [6.45, 7) is 4.32. The fourth-order valence-corrected chi connectivity index (χ4v) is 3.83. The van der Waals surface area contributed by atoms with Gasteiger partial charge in [0, 0.05) is 20.8 Å². The average molecular weight is 324 g/mol. The number of rotatable bonds is 4. The van der Waals surface area contributed by atoms with Gasteiger partial charge in [0.2, 0.25) is 0 Å². The Kier molecular flexibility index (Phi) is 4.60. The molecule has 0 fully saturated rings. The smallest absolute Gasteiger partial charge is 0.0453 e. The Morgan fingerprint density at radius 3 is 2.33 bits per heavy atom. The average Bonchev–Trinajstić information content (AvgIpc) is 2.71. The normalized spacial score (nSPS) is 12.7. The molecule has 0 aliphatic heterocycles. The molecule has 1 heterocycles. The van der Waals surface area contributed by atoms with Crippen LogP contribution in [0.15, 0.2) is 34.1 Å². The standard InChI is InChI=1S/C15H18BrNS/c1-10-4-11(2)6-12(5-10)7-14(17-3)15-8-13(16)9-18-15/h4-6,8-9,14,17H,7H2,1-3H3. The van der Waals surface area contributed by atoms with Crippen molar-refractivity contribution in [2.75, 3.05) is 7.05 Å². The van der Waals surface area contributed by atoms with E-state index in [-0.39, 0.29) is 0 Å². The molecular formula is C15H18BrNS. The molecule has 0 spiro atoms. The lowest BCUT2D eigenvalue weighted by Gasteiger charge is -2.15. The van der Waals surface area contributed by atoms with E-state index in [2.05, 4.69) is 64.7 Å². The van der Waals surface area contributed by atoms with Crippen LogP contribution in [0.3, 0.4) is 0 Å². The molecule has 0 aliphatic rings. The van der Waals surface area contributed by atoms with E-state index in [1.54, 1.807) is 11.3 Å². The van der Waals surface area contributed by atoms with Gasteiger partial charge >= 0.3 is 0 Å². The molecule has 1 unspecified atom stereocenters. The van der Waals surface area contributed by atoms with Crippen molar-refractivity contribution < 1.29 is 0 Å². The van der Waals surface area contributed by atoms with Crippen LogP contribution in [0.25, 0.3) is 0 Å². The zero-order valence-corrected chi connectivity index (χ0v) is 13.4. The number of halogens is 1. The number of likely N-dealkylation sites (N-methyl/N-ethyl adjacent to an activating group) is 1. The van der Waals surface area contributed by atoms with E-state index >= 15 is 0 Å². The maximum absolute atomic E-state index is 3.52. The minimum Gasteiger partial charge on any atom is -0.312 e. The van der Waals surface area contributed by atoms with Gasteiger partial charge in [-0.15, -0.1) is 11.3 Å². The fourth-order valence-electron chi connectivity index (χ4n) is 2.28. The van der Waals surface area contributed by atoms with Gasteiger partial charge in [-0.05, 0) is 54.9 Å². The van der Waals surface area contributed by atoms with Crippen LogP contribution in [0.1, 0.15) is 27.6 Å². The zero-order chi connectivity index (χ0) is 13.1. The van der Waals surface area contributed by atoms with Crippen LogP contribution in [-0.2, 0) is 6.42 Å². The van der Waals surface area contributed by atoms with E-state index in [0.29, 0.717) is 6.04 Å². The fraction of sp³-hybridized carbons (Fsp3) is 0.333. The molecule has 0 radical (unpaired) electrons.